The molecule has 0 spiro atoms. The third-order valence-corrected chi connectivity index (χ3v) is 3.21. The number of nitrogens with zero attached hydrogens (tertiary/aromatic N) is 2. The summed E-state index contributed by atoms with van der Waals surface area (Å²) in [5.74, 6) is -0.157. The predicted octanol–water partition coefficient (Wildman–Crippen LogP) is 3.13. The summed E-state index contributed by atoms with van der Waals surface area (Å²) in [6.45, 7) is 4.25. The van der Waals surface area contributed by atoms with Crippen LogP contribution >= 0.6 is 0 Å². The van der Waals surface area contributed by atoms with Crippen LogP contribution < -0.4 is 4.90 Å². The van der Waals surface area contributed by atoms with E-state index in [0.29, 0.717) is 6.54 Å². The zero-order valence-corrected chi connectivity index (χ0v) is 11.8. The molecule has 0 aliphatic heterocycles. The summed E-state index contributed by atoms with van der Waals surface area (Å²) in [5.41, 5.74) is 1.37. The summed E-state index contributed by atoms with van der Waals surface area (Å²) in [6, 6.07) is 11.5. The standard InChI is InChI=1S/C16H19FN2O/c1-12(2)19(10-13-6-4-3-5-7-13)16-15(17)14(11-20)8-9-18-16/h3-9,12,20H,10-11H2,1-2H3. The molecule has 0 saturated heterocycles. The maximum absolute atomic E-state index is 14.3. The topological polar surface area (TPSA) is 36.4 Å². The van der Waals surface area contributed by atoms with Crippen molar-refractivity contribution < 1.29 is 9.50 Å². The van der Waals surface area contributed by atoms with Gasteiger partial charge in [-0.2, -0.15) is 0 Å². The van der Waals surface area contributed by atoms with Gasteiger partial charge in [-0.3, -0.25) is 0 Å². The van der Waals surface area contributed by atoms with E-state index < -0.39 is 5.82 Å². The van der Waals surface area contributed by atoms with E-state index >= 15 is 0 Å². The predicted molar refractivity (Wildman–Crippen MR) is 77.9 cm³/mol. The van der Waals surface area contributed by atoms with Crippen LogP contribution in [0.5, 0.6) is 0 Å². The quantitative estimate of drug-likeness (QED) is 0.910. The Hall–Kier alpha value is -1.94. The second kappa shape index (κ2) is 6.48. The lowest BCUT2D eigenvalue weighted by Crippen LogP contribution is -2.32. The Bertz CT molecular complexity index is 558. The normalized spacial score (nSPS) is 10.8. The van der Waals surface area contributed by atoms with E-state index in [4.69, 9.17) is 5.11 Å². The van der Waals surface area contributed by atoms with Gasteiger partial charge in [0.05, 0.1) is 6.61 Å². The van der Waals surface area contributed by atoms with E-state index in [1.165, 1.54) is 12.3 Å². The minimum absolute atomic E-state index is 0.103. The van der Waals surface area contributed by atoms with Crippen molar-refractivity contribution in [2.24, 2.45) is 0 Å². The molecule has 0 unspecified atom stereocenters. The van der Waals surface area contributed by atoms with E-state index in [9.17, 15) is 4.39 Å². The molecule has 2 rings (SSSR count). The minimum atomic E-state index is -0.445. The van der Waals surface area contributed by atoms with Crippen LogP contribution in [-0.2, 0) is 13.2 Å². The zero-order valence-electron chi connectivity index (χ0n) is 11.8. The highest BCUT2D eigenvalue weighted by molar-refractivity contribution is 5.44. The van der Waals surface area contributed by atoms with Crippen molar-refractivity contribution in [2.45, 2.75) is 33.0 Å². The third-order valence-electron chi connectivity index (χ3n) is 3.21. The molecule has 1 N–H and O–H groups in total. The molecule has 1 aromatic heterocycles. The van der Waals surface area contributed by atoms with Crippen LogP contribution in [0.4, 0.5) is 10.2 Å². The molecule has 0 fully saturated rings. The van der Waals surface area contributed by atoms with Crippen molar-refractivity contribution in [1.82, 2.24) is 4.98 Å². The van der Waals surface area contributed by atoms with E-state index in [2.05, 4.69) is 4.98 Å². The molecule has 0 aliphatic rings. The summed E-state index contributed by atoms with van der Waals surface area (Å²) < 4.78 is 14.3. The Balaban J connectivity index is 2.34. The molecule has 0 aliphatic carbocycles. The van der Waals surface area contributed by atoms with Gasteiger partial charge in [-0.15, -0.1) is 0 Å². The average molecular weight is 274 g/mol. The van der Waals surface area contributed by atoms with Crippen molar-refractivity contribution in [1.29, 1.82) is 0 Å². The van der Waals surface area contributed by atoms with Gasteiger partial charge in [0.25, 0.3) is 0 Å². The summed E-state index contributed by atoms with van der Waals surface area (Å²) >= 11 is 0. The summed E-state index contributed by atoms with van der Waals surface area (Å²) in [6.07, 6.45) is 1.53. The Kier molecular flexibility index (Phi) is 4.69. The Morgan fingerprint density at radius 2 is 1.90 bits per heavy atom. The highest BCUT2D eigenvalue weighted by atomic mass is 19.1. The number of aliphatic hydroxyl groups excluding tert-OH is 1. The fourth-order valence-corrected chi connectivity index (χ4v) is 2.08. The number of halogens is 1. The van der Waals surface area contributed by atoms with Crippen LogP contribution in [0.15, 0.2) is 42.6 Å². The van der Waals surface area contributed by atoms with Crippen molar-refractivity contribution in [3.8, 4) is 0 Å². The molecule has 2 aromatic rings. The maximum atomic E-state index is 14.3. The van der Waals surface area contributed by atoms with Crippen LogP contribution in [0.25, 0.3) is 0 Å². The number of aromatic nitrogens is 1. The molecular weight excluding hydrogens is 255 g/mol. The molecule has 20 heavy (non-hydrogen) atoms. The fourth-order valence-electron chi connectivity index (χ4n) is 2.08. The van der Waals surface area contributed by atoms with Gasteiger partial charge in [0.1, 0.15) is 0 Å². The van der Waals surface area contributed by atoms with Crippen LogP contribution in [0.2, 0.25) is 0 Å². The lowest BCUT2D eigenvalue weighted by atomic mass is 10.1. The highest BCUT2D eigenvalue weighted by Gasteiger charge is 2.18. The molecule has 1 aromatic carbocycles. The number of hydrogen-bond donors (Lipinski definition) is 1. The van der Waals surface area contributed by atoms with Gasteiger partial charge < -0.3 is 10.0 Å². The van der Waals surface area contributed by atoms with E-state index in [1.807, 2.05) is 49.1 Å². The molecule has 0 atom stereocenters. The molecule has 1 heterocycles. The summed E-state index contributed by atoms with van der Waals surface area (Å²) in [7, 11) is 0. The fraction of sp³-hybridized carbons (Fsp3) is 0.312. The second-order valence-corrected chi connectivity index (χ2v) is 4.97. The van der Waals surface area contributed by atoms with Crippen LogP contribution in [0, 0.1) is 5.82 Å². The molecule has 0 radical (unpaired) electrons. The Morgan fingerprint density at radius 1 is 1.20 bits per heavy atom. The van der Waals surface area contributed by atoms with Crippen molar-refractivity contribution in [2.75, 3.05) is 4.90 Å². The van der Waals surface area contributed by atoms with Gasteiger partial charge in [-0.1, -0.05) is 30.3 Å². The molecule has 4 heteroatoms. The molecule has 106 valence electrons. The highest BCUT2D eigenvalue weighted by Crippen LogP contribution is 2.23. The zero-order chi connectivity index (χ0) is 14.5. The number of rotatable bonds is 5. The van der Waals surface area contributed by atoms with Gasteiger partial charge in [-0.05, 0) is 25.5 Å². The minimum Gasteiger partial charge on any atom is -0.392 e. The van der Waals surface area contributed by atoms with Crippen molar-refractivity contribution in [3.05, 3.63) is 59.5 Å². The number of anilines is 1. The van der Waals surface area contributed by atoms with Crippen LogP contribution in [0.3, 0.4) is 0 Å². The third kappa shape index (κ3) is 3.14. The first-order valence-corrected chi connectivity index (χ1v) is 6.68. The van der Waals surface area contributed by atoms with E-state index in [-0.39, 0.29) is 24.0 Å². The van der Waals surface area contributed by atoms with Crippen molar-refractivity contribution in [3.63, 3.8) is 0 Å². The van der Waals surface area contributed by atoms with Gasteiger partial charge in [-0.25, -0.2) is 9.37 Å². The molecule has 0 amide bonds. The lowest BCUT2D eigenvalue weighted by molar-refractivity contribution is 0.275. The van der Waals surface area contributed by atoms with Crippen LogP contribution in [0.1, 0.15) is 25.0 Å². The average Bonchev–Trinajstić information content (AvgIpc) is 2.46. The number of aliphatic hydroxyl groups is 1. The molecule has 3 nitrogen and oxygen atoms in total. The van der Waals surface area contributed by atoms with E-state index in [0.717, 1.165) is 5.56 Å². The van der Waals surface area contributed by atoms with E-state index in [1.54, 1.807) is 0 Å². The van der Waals surface area contributed by atoms with Gasteiger partial charge in [0.2, 0.25) is 0 Å². The lowest BCUT2D eigenvalue weighted by Gasteiger charge is -2.28. The molecular formula is C16H19FN2O. The van der Waals surface area contributed by atoms with Crippen LogP contribution in [-0.4, -0.2) is 16.1 Å². The SMILES string of the molecule is CC(C)N(Cc1ccccc1)c1nccc(CO)c1F. The Morgan fingerprint density at radius 3 is 2.50 bits per heavy atom. The number of pyridine rings is 1. The summed E-state index contributed by atoms with van der Waals surface area (Å²) in [5, 5.41) is 9.17. The first kappa shape index (κ1) is 14.5. The van der Waals surface area contributed by atoms with Gasteiger partial charge >= 0.3 is 0 Å². The van der Waals surface area contributed by atoms with Crippen molar-refractivity contribution >= 4 is 5.82 Å². The Labute approximate surface area is 118 Å². The summed E-state index contributed by atoms with van der Waals surface area (Å²) in [4.78, 5) is 6.04. The number of benzene rings is 1. The van der Waals surface area contributed by atoms with Gasteiger partial charge in [0, 0.05) is 24.3 Å². The van der Waals surface area contributed by atoms with Gasteiger partial charge in [0.15, 0.2) is 11.6 Å². The maximum Gasteiger partial charge on any atom is 0.171 e. The molecule has 0 bridgehead atoms. The first-order chi connectivity index (χ1) is 9.63. The monoisotopic (exact) mass is 274 g/mol. The largest absolute Gasteiger partial charge is 0.392 e. The second-order valence-electron chi connectivity index (χ2n) is 4.97. The number of hydrogen-bond acceptors (Lipinski definition) is 3. The smallest absolute Gasteiger partial charge is 0.171 e. The first-order valence-electron chi connectivity index (χ1n) is 6.68. The molecule has 0 saturated carbocycles.